The van der Waals surface area contributed by atoms with E-state index in [0.717, 1.165) is 51.4 Å². The molecule has 0 heterocycles. The predicted octanol–water partition coefficient (Wildman–Crippen LogP) is 4.09. The number of anilines is 1. The van der Waals surface area contributed by atoms with E-state index in [1.54, 1.807) is 31.3 Å². The van der Waals surface area contributed by atoms with Crippen molar-refractivity contribution in [2.45, 2.75) is 81.2 Å². The SMILES string of the molecule is CN(C1CCCCC1)S(=O)(=O)c1ccccc1NC(=O)NC1CCCCC1. The fraction of sp³-hybridized carbons (Fsp3) is 0.650. The zero-order chi connectivity index (χ0) is 19.3. The summed E-state index contributed by atoms with van der Waals surface area (Å²) in [5, 5.41) is 5.75. The van der Waals surface area contributed by atoms with E-state index in [2.05, 4.69) is 10.6 Å². The average Bonchev–Trinajstić information content (AvgIpc) is 2.69. The van der Waals surface area contributed by atoms with Gasteiger partial charge in [-0.2, -0.15) is 4.31 Å². The van der Waals surface area contributed by atoms with Gasteiger partial charge in [0, 0.05) is 19.1 Å². The van der Waals surface area contributed by atoms with Gasteiger partial charge in [-0.1, -0.05) is 50.7 Å². The van der Waals surface area contributed by atoms with Crippen LogP contribution in [0.4, 0.5) is 10.5 Å². The van der Waals surface area contributed by atoms with Crippen LogP contribution < -0.4 is 10.6 Å². The third-order valence-corrected chi connectivity index (χ3v) is 7.79. The highest BCUT2D eigenvalue weighted by Gasteiger charge is 2.31. The maximum Gasteiger partial charge on any atom is 0.319 e. The van der Waals surface area contributed by atoms with Crippen LogP contribution in [-0.2, 0) is 10.0 Å². The van der Waals surface area contributed by atoms with Crippen LogP contribution in [0.5, 0.6) is 0 Å². The molecule has 7 heteroatoms. The molecule has 0 aliphatic heterocycles. The van der Waals surface area contributed by atoms with Crippen LogP contribution in [0.15, 0.2) is 29.2 Å². The molecule has 2 amide bonds. The zero-order valence-corrected chi connectivity index (χ0v) is 16.9. The van der Waals surface area contributed by atoms with Crippen LogP contribution >= 0.6 is 0 Å². The Bertz CT molecular complexity index is 739. The molecule has 1 aromatic carbocycles. The van der Waals surface area contributed by atoms with Gasteiger partial charge < -0.3 is 10.6 Å². The first kappa shape index (κ1) is 20.1. The molecule has 27 heavy (non-hydrogen) atoms. The van der Waals surface area contributed by atoms with E-state index in [9.17, 15) is 13.2 Å². The summed E-state index contributed by atoms with van der Waals surface area (Å²) in [7, 11) is -2.00. The Morgan fingerprint density at radius 2 is 1.56 bits per heavy atom. The number of nitrogens with one attached hydrogen (secondary N) is 2. The Hall–Kier alpha value is -1.60. The standard InChI is InChI=1S/C20H31N3O3S/c1-23(17-12-6-3-7-13-17)27(25,26)19-15-9-8-14-18(19)22-20(24)21-16-10-4-2-5-11-16/h8-9,14-17H,2-7,10-13H2,1H3,(H2,21,22,24). The van der Waals surface area contributed by atoms with Gasteiger partial charge in [0.25, 0.3) is 0 Å². The van der Waals surface area contributed by atoms with Crippen molar-refractivity contribution in [3.8, 4) is 0 Å². The summed E-state index contributed by atoms with van der Waals surface area (Å²) >= 11 is 0. The molecule has 2 aliphatic rings. The quantitative estimate of drug-likeness (QED) is 0.791. The molecule has 3 rings (SSSR count). The molecule has 1 aromatic rings. The van der Waals surface area contributed by atoms with E-state index >= 15 is 0 Å². The van der Waals surface area contributed by atoms with Crippen molar-refractivity contribution in [2.75, 3.05) is 12.4 Å². The molecule has 0 atom stereocenters. The van der Waals surface area contributed by atoms with Gasteiger partial charge in [-0.05, 0) is 37.8 Å². The van der Waals surface area contributed by atoms with Crippen molar-refractivity contribution in [3.63, 3.8) is 0 Å². The lowest BCUT2D eigenvalue weighted by Gasteiger charge is -2.31. The van der Waals surface area contributed by atoms with Crippen molar-refractivity contribution < 1.29 is 13.2 Å². The number of nitrogens with zero attached hydrogens (tertiary/aromatic N) is 1. The van der Waals surface area contributed by atoms with Gasteiger partial charge in [0.1, 0.15) is 4.90 Å². The number of benzene rings is 1. The fourth-order valence-electron chi connectivity index (χ4n) is 4.18. The number of hydrogen-bond acceptors (Lipinski definition) is 3. The molecule has 2 N–H and O–H groups in total. The second-order valence-electron chi connectivity index (χ2n) is 7.74. The monoisotopic (exact) mass is 393 g/mol. The van der Waals surface area contributed by atoms with E-state index in [4.69, 9.17) is 0 Å². The van der Waals surface area contributed by atoms with Crippen molar-refractivity contribution in [1.82, 2.24) is 9.62 Å². The maximum atomic E-state index is 13.2. The molecule has 0 spiro atoms. The Morgan fingerprint density at radius 3 is 2.22 bits per heavy atom. The number of para-hydroxylation sites is 1. The molecule has 2 fully saturated rings. The Morgan fingerprint density at radius 1 is 0.963 bits per heavy atom. The summed E-state index contributed by atoms with van der Waals surface area (Å²) in [6.45, 7) is 0. The lowest BCUT2D eigenvalue weighted by atomic mass is 9.96. The van der Waals surface area contributed by atoms with Gasteiger partial charge in [-0.25, -0.2) is 13.2 Å². The molecular weight excluding hydrogens is 362 g/mol. The predicted molar refractivity (Wildman–Crippen MR) is 107 cm³/mol. The van der Waals surface area contributed by atoms with Crippen molar-refractivity contribution in [2.24, 2.45) is 0 Å². The largest absolute Gasteiger partial charge is 0.335 e. The first-order valence-corrected chi connectivity index (χ1v) is 11.6. The van der Waals surface area contributed by atoms with E-state index < -0.39 is 10.0 Å². The van der Waals surface area contributed by atoms with Gasteiger partial charge in [-0.15, -0.1) is 0 Å². The van der Waals surface area contributed by atoms with Gasteiger partial charge in [0.05, 0.1) is 5.69 Å². The molecule has 6 nitrogen and oxygen atoms in total. The molecule has 2 aliphatic carbocycles. The lowest BCUT2D eigenvalue weighted by Crippen LogP contribution is -2.40. The van der Waals surface area contributed by atoms with E-state index in [0.29, 0.717) is 5.69 Å². The van der Waals surface area contributed by atoms with E-state index in [-0.39, 0.29) is 23.0 Å². The summed E-state index contributed by atoms with van der Waals surface area (Å²) in [6.07, 6.45) is 10.5. The van der Waals surface area contributed by atoms with Crippen LogP contribution in [-0.4, -0.2) is 37.9 Å². The molecular formula is C20H31N3O3S. The molecule has 0 unspecified atom stereocenters. The normalized spacial score (nSPS) is 19.8. The number of carbonyl (C=O) groups excluding carboxylic acids is 1. The highest BCUT2D eigenvalue weighted by Crippen LogP contribution is 2.29. The van der Waals surface area contributed by atoms with Crippen LogP contribution in [0.1, 0.15) is 64.2 Å². The molecule has 2 saturated carbocycles. The smallest absolute Gasteiger partial charge is 0.319 e. The average molecular weight is 394 g/mol. The minimum absolute atomic E-state index is 0.0351. The van der Waals surface area contributed by atoms with Crippen molar-refractivity contribution >= 4 is 21.7 Å². The summed E-state index contributed by atoms with van der Waals surface area (Å²) in [6, 6.07) is 6.55. The molecule has 0 bridgehead atoms. The summed E-state index contributed by atoms with van der Waals surface area (Å²) < 4.78 is 27.8. The number of sulfonamides is 1. The zero-order valence-electron chi connectivity index (χ0n) is 16.1. The number of urea groups is 1. The van der Waals surface area contributed by atoms with E-state index in [1.807, 2.05) is 0 Å². The fourth-order valence-corrected chi connectivity index (χ4v) is 5.74. The van der Waals surface area contributed by atoms with Crippen molar-refractivity contribution in [3.05, 3.63) is 24.3 Å². The Labute approximate surface area is 162 Å². The van der Waals surface area contributed by atoms with Gasteiger partial charge in [0.15, 0.2) is 0 Å². The minimum Gasteiger partial charge on any atom is -0.335 e. The highest BCUT2D eigenvalue weighted by molar-refractivity contribution is 7.89. The second-order valence-corrected chi connectivity index (χ2v) is 9.71. The number of rotatable bonds is 5. The number of hydrogen-bond donors (Lipinski definition) is 2. The van der Waals surface area contributed by atoms with Gasteiger partial charge >= 0.3 is 6.03 Å². The molecule has 0 aromatic heterocycles. The van der Waals surface area contributed by atoms with Crippen molar-refractivity contribution in [1.29, 1.82) is 0 Å². The Balaban J connectivity index is 1.73. The summed E-state index contributed by atoms with van der Waals surface area (Å²) in [5.74, 6) is 0. The first-order chi connectivity index (χ1) is 13.0. The van der Waals surface area contributed by atoms with Crippen LogP contribution in [0, 0.1) is 0 Å². The number of amides is 2. The minimum atomic E-state index is -3.66. The van der Waals surface area contributed by atoms with E-state index in [1.165, 1.54) is 17.1 Å². The van der Waals surface area contributed by atoms with Crippen LogP contribution in [0.3, 0.4) is 0 Å². The molecule has 150 valence electrons. The van der Waals surface area contributed by atoms with Crippen LogP contribution in [0.2, 0.25) is 0 Å². The summed E-state index contributed by atoms with van der Waals surface area (Å²) in [4.78, 5) is 12.6. The summed E-state index contributed by atoms with van der Waals surface area (Å²) in [5.41, 5.74) is 0.341. The molecule has 0 radical (unpaired) electrons. The number of carbonyl (C=O) groups is 1. The Kier molecular flexibility index (Phi) is 6.76. The maximum absolute atomic E-state index is 13.2. The van der Waals surface area contributed by atoms with Gasteiger partial charge in [-0.3, -0.25) is 0 Å². The lowest BCUT2D eigenvalue weighted by molar-refractivity contribution is 0.244. The third kappa shape index (κ3) is 5.02. The second kappa shape index (κ2) is 9.06. The topological polar surface area (TPSA) is 78.5 Å². The van der Waals surface area contributed by atoms with Crippen LogP contribution in [0.25, 0.3) is 0 Å². The van der Waals surface area contributed by atoms with Gasteiger partial charge in [0.2, 0.25) is 10.0 Å². The molecule has 0 saturated heterocycles. The first-order valence-electron chi connectivity index (χ1n) is 10.1. The third-order valence-electron chi connectivity index (χ3n) is 5.82. The highest BCUT2D eigenvalue weighted by atomic mass is 32.2.